The molecule has 0 spiro atoms. The zero-order valence-corrected chi connectivity index (χ0v) is 14.6. The number of rotatable bonds is 5. The zero-order valence-electron chi connectivity index (χ0n) is 14.6. The van der Waals surface area contributed by atoms with Crippen LogP contribution >= 0.6 is 0 Å². The van der Waals surface area contributed by atoms with E-state index < -0.39 is 6.10 Å². The Morgan fingerprint density at radius 2 is 1.96 bits per heavy atom. The van der Waals surface area contributed by atoms with Gasteiger partial charge in [0, 0.05) is 18.0 Å². The summed E-state index contributed by atoms with van der Waals surface area (Å²) in [5.74, 6) is 1.20. The van der Waals surface area contributed by atoms with Crippen LogP contribution in [0.2, 0.25) is 0 Å². The average molecular weight is 362 g/mol. The Morgan fingerprint density at radius 1 is 1.15 bits per heavy atom. The van der Waals surface area contributed by atoms with Gasteiger partial charge >= 0.3 is 0 Å². The van der Waals surface area contributed by atoms with Crippen molar-refractivity contribution in [1.29, 1.82) is 5.26 Å². The smallest absolute Gasteiger partial charge is 0.258 e. The molecule has 1 saturated heterocycles. The number of nitrogens with zero attached hydrogens (tertiary/aromatic N) is 5. The van der Waals surface area contributed by atoms with Crippen molar-refractivity contribution in [2.24, 2.45) is 0 Å². The van der Waals surface area contributed by atoms with Gasteiger partial charge < -0.3 is 14.6 Å². The van der Waals surface area contributed by atoms with Crippen LogP contribution in [0.1, 0.15) is 36.2 Å². The van der Waals surface area contributed by atoms with Crippen LogP contribution in [0.25, 0.3) is 11.5 Å². The molecule has 1 aromatic carbocycles. The number of ether oxygens (including phenoxy) is 1. The molecular weight excluding hydrogens is 344 g/mol. The molecule has 1 atom stereocenters. The van der Waals surface area contributed by atoms with E-state index in [0.717, 1.165) is 25.9 Å². The van der Waals surface area contributed by atoms with Gasteiger partial charge in [0.05, 0.1) is 17.7 Å². The van der Waals surface area contributed by atoms with E-state index in [1.807, 2.05) is 6.07 Å². The summed E-state index contributed by atoms with van der Waals surface area (Å²) >= 11 is 0. The molecule has 1 N–H and O–H groups in total. The van der Waals surface area contributed by atoms with Crippen LogP contribution in [-0.4, -0.2) is 39.3 Å². The second-order valence-corrected chi connectivity index (χ2v) is 6.22. The maximum atomic E-state index is 9.08. The predicted molar refractivity (Wildman–Crippen MR) is 95.3 cm³/mol. The van der Waals surface area contributed by atoms with Crippen LogP contribution in [0.15, 0.2) is 47.2 Å². The van der Waals surface area contributed by atoms with Crippen LogP contribution in [0.5, 0.6) is 0 Å². The van der Waals surface area contributed by atoms with Gasteiger partial charge in [0.2, 0.25) is 5.82 Å². The van der Waals surface area contributed by atoms with Gasteiger partial charge in [-0.25, -0.2) is 9.97 Å². The van der Waals surface area contributed by atoms with E-state index in [2.05, 4.69) is 31.5 Å². The minimum Gasteiger partial charge on any atom is -0.359 e. The summed E-state index contributed by atoms with van der Waals surface area (Å²) in [7, 11) is 0. The Labute approximate surface area is 156 Å². The van der Waals surface area contributed by atoms with Crippen molar-refractivity contribution in [1.82, 2.24) is 25.4 Å². The molecule has 3 aromatic rings. The number of aromatic nitrogens is 4. The topological polar surface area (TPSA) is 110 Å². The standard InChI is InChI=1S/C19H18N6O2/c20-12-13-3-1-4-14(11-13)19-24-18(25-27-19)16(17-22-7-2-8-23-17)26-15-5-9-21-10-6-15/h1-4,7-8,11,15-16,21H,5-6,9-10H2. The Morgan fingerprint density at radius 3 is 2.74 bits per heavy atom. The molecule has 3 heterocycles. The van der Waals surface area contributed by atoms with Gasteiger partial charge in [-0.15, -0.1) is 0 Å². The van der Waals surface area contributed by atoms with Crippen molar-refractivity contribution in [2.45, 2.75) is 25.0 Å². The number of hydrogen-bond acceptors (Lipinski definition) is 8. The molecule has 4 rings (SSSR count). The van der Waals surface area contributed by atoms with E-state index >= 15 is 0 Å². The first-order valence-electron chi connectivity index (χ1n) is 8.81. The second kappa shape index (κ2) is 8.03. The lowest BCUT2D eigenvalue weighted by Crippen LogP contribution is -2.33. The maximum absolute atomic E-state index is 9.08. The Kier molecular flexibility index (Phi) is 5.14. The summed E-state index contributed by atoms with van der Waals surface area (Å²) in [6, 6.07) is 10.9. The molecule has 0 aliphatic carbocycles. The maximum Gasteiger partial charge on any atom is 0.258 e. The number of hydrogen-bond donors (Lipinski definition) is 1. The Bertz CT molecular complexity index is 931. The Balaban J connectivity index is 1.64. The molecule has 1 aliphatic rings. The number of nitriles is 1. The highest BCUT2D eigenvalue weighted by atomic mass is 16.5. The normalized spacial score (nSPS) is 16.0. The number of benzene rings is 1. The van der Waals surface area contributed by atoms with Gasteiger partial charge in [-0.05, 0) is 50.2 Å². The van der Waals surface area contributed by atoms with Gasteiger partial charge in [-0.3, -0.25) is 0 Å². The van der Waals surface area contributed by atoms with Crippen molar-refractivity contribution in [3.63, 3.8) is 0 Å². The van der Waals surface area contributed by atoms with Crippen LogP contribution in [0.3, 0.4) is 0 Å². The lowest BCUT2D eigenvalue weighted by molar-refractivity contribution is -0.0167. The summed E-state index contributed by atoms with van der Waals surface area (Å²) in [6.07, 6.45) is 4.60. The molecule has 0 amide bonds. The molecule has 1 aliphatic heterocycles. The highest BCUT2D eigenvalue weighted by molar-refractivity contribution is 5.56. The van der Waals surface area contributed by atoms with Crippen LogP contribution in [0, 0.1) is 11.3 Å². The van der Waals surface area contributed by atoms with Crippen molar-refractivity contribution in [2.75, 3.05) is 13.1 Å². The van der Waals surface area contributed by atoms with Gasteiger partial charge in [0.1, 0.15) is 0 Å². The van der Waals surface area contributed by atoms with Crippen molar-refractivity contribution >= 4 is 0 Å². The number of piperidine rings is 1. The first-order valence-corrected chi connectivity index (χ1v) is 8.81. The van der Waals surface area contributed by atoms with Gasteiger partial charge in [0.25, 0.3) is 5.89 Å². The van der Waals surface area contributed by atoms with Crippen molar-refractivity contribution < 1.29 is 9.26 Å². The summed E-state index contributed by atoms with van der Waals surface area (Å²) < 4.78 is 11.7. The predicted octanol–water partition coefficient (Wildman–Crippen LogP) is 2.26. The van der Waals surface area contributed by atoms with Gasteiger partial charge in [0.15, 0.2) is 11.9 Å². The quantitative estimate of drug-likeness (QED) is 0.736. The zero-order chi connectivity index (χ0) is 18.5. The lowest BCUT2D eigenvalue weighted by atomic mass is 10.1. The second-order valence-electron chi connectivity index (χ2n) is 6.22. The van der Waals surface area contributed by atoms with E-state index in [-0.39, 0.29) is 6.10 Å². The van der Waals surface area contributed by atoms with E-state index in [0.29, 0.717) is 28.7 Å². The van der Waals surface area contributed by atoms with E-state index in [1.165, 1.54) is 0 Å². The van der Waals surface area contributed by atoms with Crippen molar-refractivity contribution in [3.8, 4) is 17.5 Å². The molecular formula is C19H18N6O2. The molecule has 8 nitrogen and oxygen atoms in total. The van der Waals surface area contributed by atoms with Crippen molar-refractivity contribution in [3.05, 3.63) is 59.9 Å². The van der Waals surface area contributed by atoms with Crippen LogP contribution in [-0.2, 0) is 4.74 Å². The highest BCUT2D eigenvalue weighted by Crippen LogP contribution is 2.27. The summed E-state index contributed by atoms with van der Waals surface area (Å²) in [6.45, 7) is 1.82. The molecule has 136 valence electrons. The van der Waals surface area contributed by atoms with E-state index in [4.69, 9.17) is 14.5 Å². The molecule has 27 heavy (non-hydrogen) atoms. The fourth-order valence-corrected chi connectivity index (χ4v) is 2.99. The molecule has 0 bridgehead atoms. The number of nitrogens with one attached hydrogen (secondary N) is 1. The van der Waals surface area contributed by atoms with E-state index in [9.17, 15) is 0 Å². The molecule has 2 aromatic heterocycles. The SMILES string of the molecule is N#Cc1cccc(-c2nc(C(OC3CCNCC3)c3ncccn3)no2)c1. The fraction of sp³-hybridized carbons (Fsp3) is 0.316. The van der Waals surface area contributed by atoms with Gasteiger partial charge in [-0.1, -0.05) is 11.2 Å². The Hall–Kier alpha value is -3.15. The summed E-state index contributed by atoms with van der Waals surface area (Å²) in [5, 5.41) is 16.5. The van der Waals surface area contributed by atoms with E-state index in [1.54, 1.807) is 36.7 Å². The van der Waals surface area contributed by atoms with Gasteiger partial charge in [-0.2, -0.15) is 10.2 Å². The summed E-state index contributed by atoms with van der Waals surface area (Å²) in [5.41, 5.74) is 1.21. The molecule has 0 radical (unpaired) electrons. The average Bonchev–Trinajstić information content (AvgIpc) is 3.23. The van der Waals surface area contributed by atoms with Crippen LogP contribution in [0.4, 0.5) is 0 Å². The minimum absolute atomic E-state index is 0.0731. The first-order chi connectivity index (χ1) is 13.3. The third kappa shape index (κ3) is 4.00. The molecule has 1 fully saturated rings. The third-order valence-corrected chi connectivity index (χ3v) is 4.35. The van der Waals surface area contributed by atoms with Crippen LogP contribution < -0.4 is 5.32 Å². The summed E-state index contributed by atoms with van der Waals surface area (Å²) in [4.78, 5) is 13.1. The largest absolute Gasteiger partial charge is 0.359 e. The minimum atomic E-state index is -0.606. The highest BCUT2D eigenvalue weighted by Gasteiger charge is 2.28. The molecule has 1 unspecified atom stereocenters. The molecule has 0 saturated carbocycles. The monoisotopic (exact) mass is 362 g/mol. The fourth-order valence-electron chi connectivity index (χ4n) is 2.99. The first kappa shape index (κ1) is 17.3. The lowest BCUT2D eigenvalue weighted by Gasteiger charge is -2.26. The third-order valence-electron chi connectivity index (χ3n) is 4.35. The molecule has 8 heteroatoms.